The van der Waals surface area contributed by atoms with Gasteiger partial charge in [-0.05, 0) is 30.2 Å². The molecule has 2 aliphatic rings. The minimum Gasteiger partial charge on any atom is -0.396 e. The van der Waals surface area contributed by atoms with Gasteiger partial charge in [0.1, 0.15) is 12.9 Å². The predicted molar refractivity (Wildman–Crippen MR) is 84.9 cm³/mol. The Morgan fingerprint density at radius 3 is 2.54 bits per heavy atom. The van der Waals surface area contributed by atoms with Gasteiger partial charge in [-0.25, -0.2) is 4.68 Å². The van der Waals surface area contributed by atoms with Gasteiger partial charge in [0, 0.05) is 45.2 Å². The van der Waals surface area contributed by atoms with Crippen LogP contribution in [0.4, 0.5) is 0 Å². The number of rotatable bonds is 5. The molecule has 24 heavy (non-hydrogen) atoms. The van der Waals surface area contributed by atoms with Gasteiger partial charge in [0.15, 0.2) is 0 Å². The molecule has 0 aromatic carbocycles. The first-order valence-corrected chi connectivity index (χ1v) is 8.52. The number of tetrazole rings is 1. The molecule has 1 N–H and O–H groups in total. The van der Waals surface area contributed by atoms with E-state index in [-0.39, 0.29) is 43.1 Å². The summed E-state index contributed by atoms with van der Waals surface area (Å²) in [6.45, 7) is 8.38. The van der Waals surface area contributed by atoms with E-state index in [0.717, 1.165) is 19.6 Å². The van der Waals surface area contributed by atoms with Crippen molar-refractivity contribution in [2.24, 2.45) is 11.8 Å². The molecular formula is C15H26N6O3. The normalized spacial score (nSPS) is 31.5. The van der Waals surface area contributed by atoms with Crippen LogP contribution in [0.3, 0.4) is 0 Å². The molecule has 9 heteroatoms. The minimum atomic E-state index is -0.00744. The van der Waals surface area contributed by atoms with Crippen molar-refractivity contribution < 1.29 is 14.6 Å². The molecular weight excluding hydrogens is 312 g/mol. The number of aromatic nitrogens is 4. The van der Waals surface area contributed by atoms with Crippen LogP contribution in [0, 0.1) is 11.8 Å². The lowest BCUT2D eigenvalue weighted by Crippen LogP contribution is -2.48. The molecule has 0 aliphatic carbocycles. The quantitative estimate of drug-likeness (QED) is 0.724. The Balaban J connectivity index is 1.56. The number of carbonyl (C=O) groups is 1. The molecule has 3 rings (SSSR count). The lowest BCUT2D eigenvalue weighted by atomic mass is 9.96. The van der Waals surface area contributed by atoms with Crippen molar-refractivity contribution >= 4 is 5.91 Å². The highest BCUT2D eigenvalue weighted by Crippen LogP contribution is 2.25. The number of hydrogen-bond donors (Lipinski definition) is 1. The van der Waals surface area contributed by atoms with Crippen molar-refractivity contribution in [3.8, 4) is 0 Å². The minimum absolute atomic E-state index is 0.00744. The number of aliphatic hydroxyl groups is 1. The Bertz CT molecular complexity index is 529. The first-order chi connectivity index (χ1) is 11.5. The van der Waals surface area contributed by atoms with Gasteiger partial charge >= 0.3 is 0 Å². The van der Waals surface area contributed by atoms with Crippen LogP contribution in [0.2, 0.25) is 0 Å². The molecule has 1 amide bonds. The van der Waals surface area contributed by atoms with E-state index in [1.54, 1.807) is 0 Å². The summed E-state index contributed by atoms with van der Waals surface area (Å²) in [6, 6.07) is 0. The SMILES string of the molecule is C[C@@H]1CN(C[C@@H]2CN(C(=O)Cn3cnnn3)C[C@@H]2CO)C[C@H](C)O1. The molecule has 2 fully saturated rings. The highest BCUT2D eigenvalue weighted by molar-refractivity contribution is 5.76. The Morgan fingerprint density at radius 1 is 1.21 bits per heavy atom. The number of hydrogen-bond acceptors (Lipinski definition) is 7. The first kappa shape index (κ1) is 17.2. The number of morpholine rings is 1. The van der Waals surface area contributed by atoms with E-state index >= 15 is 0 Å². The Hall–Kier alpha value is -1.58. The van der Waals surface area contributed by atoms with Gasteiger partial charge < -0.3 is 14.7 Å². The third-order valence-electron chi connectivity index (χ3n) is 4.84. The van der Waals surface area contributed by atoms with E-state index in [2.05, 4.69) is 34.3 Å². The summed E-state index contributed by atoms with van der Waals surface area (Å²) >= 11 is 0. The smallest absolute Gasteiger partial charge is 0.244 e. The van der Waals surface area contributed by atoms with E-state index in [1.165, 1.54) is 11.0 Å². The molecule has 0 bridgehead atoms. The van der Waals surface area contributed by atoms with Gasteiger partial charge in [-0.3, -0.25) is 9.69 Å². The molecule has 9 nitrogen and oxygen atoms in total. The fourth-order valence-corrected chi connectivity index (χ4v) is 3.81. The fourth-order valence-electron chi connectivity index (χ4n) is 3.81. The van der Waals surface area contributed by atoms with Crippen molar-refractivity contribution in [2.45, 2.75) is 32.6 Å². The van der Waals surface area contributed by atoms with Crippen LogP contribution in [0.1, 0.15) is 13.8 Å². The van der Waals surface area contributed by atoms with Gasteiger partial charge in [-0.1, -0.05) is 0 Å². The summed E-state index contributed by atoms with van der Waals surface area (Å²) in [5.74, 6) is 0.397. The van der Waals surface area contributed by atoms with E-state index in [9.17, 15) is 9.90 Å². The van der Waals surface area contributed by atoms with Crippen molar-refractivity contribution in [3.05, 3.63) is 6.33 Å². The molecule has 0 unspecified atom stereocenters. The first-order valence-electron chi connectivity index (χ1n) is 8.52. The standard InChI is InChI=1S/C15H26N6O3/c1-11-3-19(4-12(2)24-11)5-13-6-20(7-14(13)9-22)15(23)8-21-10-16-17-18-21/h10-14,22H,3-9H2,1-2H3/t11-,12+,13-,14-/m1/s1. The fraction of sp³-hybridized carbons (Fsp3) is 0.867. The van der Waals surface area contributed by atoms with Gasteiger partial charge in [-0.15, -0.1) is 5.10 Å². The number of aliphatic hydroxyl groups excluding tert-OH is 1. The molecule has 4 atom stereocenters. The Kier molecular flexibility index (Phi) is 5.42. The van der Waals surface area contributed by atoms with Crippen LogP contribution in [-0.2, 0) is 16.1 Å². The molecule has 0 spiro atoms. The van der Waals surface area contributed by atoms with E-state index in [4.69, 9.17) is 4.74 Å². The second kappa shape index (κ2) is 7.54. The summed E-state index contributed by atoms with van der Waals surface area (Å²) < 4.78 is 7.20. The van der Waals surface area contributed by atoms with Crippen molar-refractivity contribution in [1.82, 2.24) is 30.0 Å². The number of nitrogens with zero attached hydrogens (tertiary/aromatic N) is 6. The van der Waals surface area contributed by atoms with Crippen LogP contribution in [0.5, 0.6) is 0 Å². The predicted octanol–water partition coefficient (Wildman–Crippen LogP) is -1.15. The topological polar surface area (TPSA) is 96.6 Å². The number of ether oxygens (including phenoxy) is 1. The number of carbonyl (C=O) groups excluding carboxylic acids is 1. The molecule has 1 aromatic rings. The third kappa shape index (κ3) is 4.08. The van der Waals surface area contributed by atoms with Crippen LogP contribution < -0.4 is 0 Å². The second-order valence-electron chi connectivity index (χ2n) is 6.98. The van der Waals surface area contributed by atoms with Gasteiger partial charge in [0.05, 0.1) is 12.2 Å². The molecule has 134 valence electrons. The number of likely N-dealkylation sites (tertiary alicyclic amines) is 1. The molecule has 3 heterocycles. The summed E-state index contributed by atoms with van der Waals surface area (Å²) in [6.07, 6.45) is 1.88. The van der Waals surface area contributed by atoms with Gasteiger partial charge in [-0.2, -0.15) is 0 Å². The zero-order valence-corrected chi connectivity index (χ0v) is 14.3. The van der Waals surface area contributed by atoms with Crippen LogP contribution >= 0.6 is 0 Å². The molecule has 0 saturated carbocycles. The summed E-state index contributed by atoms with van der Waals surface area (Å²) in [7, 11) is 0. The Labute approximate surface area is 141 Å². The second-order valence-corrected chi connectivity index (χ2v) is 6.98. The monoisotopic (exact) mass is 338 g/mol. The Morgan fingerprint density at radius 2 is 1.92 bits per heavy atom. The summed E-state index contributed by atoms with van der Waals surface area (Å²) in [5, 5.41) is 20.5. The third-order valence-corrected chi connectivity index (χ3v) is 4.84. The van der Waals surface area contributed by atoms with Crippen molar-refractivity contribution in [1.29, 1.82) is 0 Å². The number of amides is 1. The largest absolute Gasteiger partial charge is 0.396 e. The van der Waals surface area contributed by atoms with Crippen molar-refractivity contribution in [3.63, 3.8) is 0 Å². The average Bonchev–Trinajstić information content (AvgIpc) is 3.15. The van der Waals surface area contributed by atoms with Crippen LogP contribution in [0.15, 0.2) is 6.33 Å². The molecule has 2 saturated heterocycles. The maximum Gasteiger partial charge on any atom is 0.244 e. The maximum atomic E-state index is 12.4. The summed E-state index contributed by atoms with van der Waals surface area (Å²) in [5.41, 5.74) is 0. The van der Waals surface area contributed by atoms with Gasteiger partial charge in [0.2, 0.25) is 5.91 Å². The van der Waals surface area contributed by atoms with E-state index in [0.29, 0.717) is 13.1 Å². The lowest BCUT2D eigenvalue weighted by molar-refractivity contribution is -0.131. The van der Waals surface area contributed by atoms with Crippen LogP contribution in [0.25, 0.3) is 0 Å². The zero-order valence-electron chi connectivity index (χ0n) is 14.3. The molecule has 1 aromatic heterocycles. The lowest BCUT2D eigenvalue weighted by Gasteiger charge is -2.37. The van der Waals surface area contributed by atoms with Crippen molar-refractivity contribution in [2.75, 3.05) is 39.3 Å². The maximum absolute atomic E-state index is 12.4. The average molecular weight is 338 g/mol. The van der Waals surface area contributed by atoms with Gasteiger partial charge in [0.25, 0.3) is 0 Å². The molecule has 2 aliphatic heterocycles. The zero-order chi connectivity index (χ0) is 17.1. The van der Waals surface area contributed by atoms with Crippen LogP contribution in [-0.4, -0.2) is 92.6 Å². The summed E-state index contributed by atoms with van der Waals surface area (Å²) in [4.78, 5) is 16.6. The van der Waals surface area contributed by atoms with E-state index in [1.807, 2.05) is 4.90 Å². The highest BCUT2D eigenvalue weighted by atomic mass is 16.5. The highest BCUT2D eigenvalue weighted by Gasteiger charge is 2.36. The van der Waals surface area contributed by atoms with E-state index < -0.39 is 0 Å². The molecule has 0 radical (unpaired) electrons.